The minimum Gasteiger partial charge on any atom is -0.508 e. The van der Waals surface area contributed by atoms with Gasteiger partial charge in [-0.25, -0.2) is 0 Å². The summed E-state index contributed by atoms with van der Waals surface area (Å²) >= 11 is 0. The molecule has 1 aliphatic carbocycles. The van der Waals surface area contributed by atoms with E-state index in [1.165, 1.54) is 24.3 Å². The van der Waals surface area contributed by atoms with Crippen molar-refractivity contribution in [2.75, 3.05) is 0 Å². The van der Waals surface area contributed by atoms with Crippen molar-refractivity contribution in [3.05, 3.63) is 72.2 Å². The minimum absolute atomic E-state index is 0.00160. The molecule has 0 heterocycles. The monoisotopic (exact) mass is 402 g/mol. The summed E-state index contributed by atoms with van der Waals surface area (Å²) in [5.41, 5.74) is 0.00148. The number of aliphatic hydroxyl groups is 2. The molecule has 0 spiro atoms. The van der Waals surface area contributed by atoms with Gasteiger partial charge in [-0.2, -0.15) is 0 Å². The topological polar surface area (TPSA) is 121 Å². The fourth-order valence-electron chi connectivity index (χ4n) is 2.30. The van der Waals surface area contributed by atoms with Crippen LogP contribution in [0, 0.1) is 10.8 Å². The van der Waals surface area contributed by atoms with Crippen LogP contribution >= 0.6 is 0 Å². The van der Waals surface area contributed by atoms with E-state index < -0.39 is 0 Å². The highest BCUT2D eigenvalue weighted by molar-refractivity contribution is 5.36. The molecule has 29 heavy (non-hydrogen) atoms. The SMILES string of the molecule is CC(C)(C)C1(C)C=CC(O)=C(O)C1.Oc1ccccc1O.Oc1ccccc1O. The Kier molecular flexibility index (Phi) is 8.01. The molecule has 1 atom stereocenters. The van der Waals surface area contributed by atoms with Gasteiger partial charge in [0.05, 0.1) is 0 Å². The van der Waals surface area contributed by atoms with E-state index in [2.05, 4.69) is 27.7 Å². The first-order chi connectivity index (χ1) is 13.4. The molecule has 2 aromatic rings. The number of para-hydroxylation sites is 4. The molecule has 2 aromatic carbocycles. The van der Waals surface area contributed by atoms with Gasteiger partial charge in [-0.1, -0.05) is 58.0 Å². The Balaban J connectivity index is 0.000000228. The highest BCUT2D eigenvalue weighted by Gasteiger charge is 2.38. The van der Waals surface area contributed by atoms with E-state index in [9.17, 15) is 10.2 Å². The Bertz CT molecular complexity index is 778. The molecule has 6 N–H and O–H groups in total. The molecule has 0 radical (unpaired) electrons. The fourth-order valence-corrected chi connectivity index (χ4v) is 2.30. The predicted molar refractivity (Wildman–Crippen MR) is 113 cm³/mol. The first-order valence-electron chi connectivity index (χ1n) is 9.11. The second-order valence-corrected chi connectivity index (χ2v) is 7.99. The van der Waals surface area contributed by atoms with Crippen LogP contribution in [0.1, 0.15) is 34.1 Å². The molecule has 3 rings (SSSR count). The summed E-state index contributed by atoms with van der Waals surface area (Å²) in [5, 5.41) is 53.4. The zero-order valence-electron chi connectivity index (χ0n) is 17.2. The minimum atomic E-state index is -0.0800. The third kappa shape index (κ3) is 6.99. The maximum absolute atomic E-state index is 9.46. The van der Waals surface area contributed by atoms with Crippen LogP contribution in [-0.4, -0.2) is 30.6 Å². The summed E-state index contributed by atoms with van der Waals surface area (Å²) in [6.45, 7) is 8.49. The highest BCUT2D eigenvalue weighted by atomic mass is 16.3. The molecule has 0 bridgehead atoms. The number of aromatic hydroxyl groups is 4. The zero-order chi connectivity index (χ0) is 22.2. The molecule has 0 saturated heterocycles. The quantitative estimate of drug-likeness (QED) is 0.323. The molecule has 0 aromatic heterocycles. The van der Waals surface area contributed by atoms with Crippen molar-refractivity contribution in [3.63, 3.8) is 0 Å². The van der Waals surface area contributed by atoms with Gasteiger partial charge >= 0.3 is 0 Å². The van der Waals surface area contributed by atoms with Gasteiger partial charge in [0.1, 0.15) is 5.76 Å². The largest absolute Gasteiger partial charge is 0.508 e. The average molecular weight is 402 g/mol. The summed E-state index contributed by atoms with van der Waals surface area (Å²) < 4.78 is 0. The molecule has 1 unspecified atom stereocenters. The Morgan fingerprint density at radius 3 is 1.28 bits per heavy atom. The number of benzene rings is 2. The number of hydrogen-bond donors (Lipinski definition) is 6. The smallest absolute Gasteiger partial charge is 0.157 e. The Hall–Kier alpha value is -3.28. The lowest BCUT2D eigenvalue weighted by molar-refractivity contribution is 0.137. The van der Waals surface area contributed by atoms with Crippen molar-refractivity contribution >= 4 is 0 Å². The summed E-state index contributed by atoms with van der Waals surface area (Å²) in [4.78, 5) is 0. The maximum atomic E-state index is 9.46. The fraction of sp³-hybridized carbons (Fsp3) is 0.304. The normalized spacial score (nSPS) is 18.2. The predicted octanol–water partition coefficient (Wildman–Crippen LogP) is 5.52. The number of phenols is 4. The van der Waals surface area contributed by atoms with Crippen molar-refractivity contribution in [2.24, 2.45) is 10.8 Å². The molecule has 0 fully saturated rings. The van der Waals surface area contributed by atoms with Crippen molar-refractivity contribution in [1.82, 2.24) is 0 Å². The van der Waals surface area contributed by atoms with E-state index in [-0.39, 0.29) is 45.3 Å². The molecule has 0 aliphatic heterocycles. The molecular weight excluding hydrogens is 372 g/mol. The van der Waals surface area contributed by atoms with Gasteiger partial charge in [0.15, 0.2) is 28.8 Å². The van der Waals surface area contributed by atoms with E-state index in [1.54, 1.807) is 30.3 Å². The van der Waals surface area contributed by atoms with Crippen molar-refractivity contribution in [1.29, 1.82) is 0 Å². The van der Waals surface area contributed by atoms with Gasteiger partial charge in [0, 0.05) is 6.42 Å². The lowest BCUT2D eigenvalue weighted by atomic mass is 9.64. The molecule has 0 amide bonds. The highest BCUT2D eigenvalue weighted by Crippen LogP contribution is 2.46. The van der Waals surface area contributed by atoms with Gasteiger partial charge in [-0.15, -0.1) is 0 Å². The average Bonchev–Trinajstić information content (AvgIpc) is 2.64. The van der Waals surface area contributed by atoms with Crippen LogP contribution in [0.25, 0.3) is 0 Å². The Morgan fingerprint density at radius 1 is 0.690 bits per heavy atom. The van der Waals surface area contributed by atoms with E-state index in [0.717, 1.165) is 0 Å². The van der Waals surface area contributed by atoms with E-state index >= 15 is 0 Å². The van der Waals surface area contributed by atoms with Crippen molar-refractivity contribution in [2.45, 2.75) is 34.1 Å². The molecule has 0 saturated carbocycles. The number of hydrogen-bond acceptors (Lipinski definition) is 6. The van der Waals surface area contributed by atoms with Gasteiger partial charge in [0.2, 0.25) is 0 Å². The van der Waals surface area contributed by atoms with Gasteiger partial charge in [0.25, 0.3) is 0 Å². The van der Waals surface area contributed by atoms with Crippen LogP contribution in [0.3, 0.4) is 0 Å². The summed E-state index contributed by atoms with van der Waals surface area (Å²) in [7, 11) is 0. The Morgan fingerprint density at radius 2 is 1.03 bits per heavy atom. The van der Waals surface area contributed by atoms with E-state index in [0.29, 0.717) is 6.42 Å². The number of rotatable bonds is 0. The number of phenolic OH excluding ortho intramolecular Hbond substituents is 4. The van der Waals surface area contributed by atoms with E-state index in [1.807, 2.05) is 6.08 Å². The summed E-state index contributed by atoms with van der Waals surface area (Å²) in [6, 6.07) is 12.3. The van der Waals surface area contributed by atoms with Crippen molar-refractivity contribution < 1.29 is 30.6 Å². The molecule has 6 nitrogen and oxygen atoms in total. The lowest BCUT2D eigenvalue weighted by Crippen LogP contribution is -2.32. The van der Waals surface area contributed by atoms with Gasteiger partial charge in [-0.3, -0.25) is 0 Å². The number of aliphatic hydroxyl groups excluding tert-OH is 2. The van der Waals surface area contributed by atoms with Crippen LogP contribution < -0.4 is 0 Å². The lowest BCUT2D eigenvalue weighted by Gasteiger charge is -2.41. The van der Waals surface area contributed by atoms with Crippen LogP contribution in [-0.2, 0) is 0 Å². The van der Waals surface area contributed by atoms with Crippen LogP contribution in [0.4, 0.5) is 0 Å². The zero-order valence-corrected chi connectivity index (χ0v) is 17.2. The first kappa shape index (κ1) is 23.8. The second-order valence-electron chi connectivity index (χ2n) is 7.99. The third-order valence-electron chi connectivity index (χ3n) is 4.92. The molecular formula is C23H30O6. The number of allylic oxidation sites excluding steroid dienone is 3. The van der Waals surface area contributed by atoms with Crippen molar-refractivity contribution in [3.8, 4) is 23.0 Å². The Labute approximate surface area is 171 Å². The van der Waals surface area contributed by atoms with Crippen LogP contribution in [0.5, 0.6) is 23.0 Å². The maximum Gasteiger partial charge on any atom is 0.157 e. The first-order valence-corrected chi connectivity index (χ1v) is 9.11. The molecule has 158 valence electrons. The van der Waals surface area contributed by atoms with Gasteiger partial charge in [-0.05, 0) is 41.2 Å². The molecule has 1 aliphatic rings. The summed E-state index contributed by atoms with van der Waals surface area (Å²) in [6.07, 6.45) is 4.07. The van der Waals surface area contributed by atoms with Gasteiger partial charge < -0.3 is 30.6 Å². The standard InChI is InChI=1S/C11H18O2.2C6H6O2/c1-10(2,3)11(4)6-5-8(12)9(13)7-11;2*7-5-3-1-2-4-6(5)8/h5-6,12-13H,7H2,1-4H3;2*1-4,7-8H. The summed E-state index contributed by atoms with van der Waals surface area (Å²) in [5.74, 6) is -0.207. The van der Waals surface area contributed by atoms with Crippen LogP contribution in [0.15, 0.2) is 72.2 Å². The van der Waals surface area contributed by atoms with E-state index in [4.69, 9.17) is 20.4 Å². The third-order valence-corrected chi connectivity index (χ3v) is 4.92. The van der Waals surface area contributed by atoms with Crippen LogP contribution in [0.2, 0.25) is 0 Å². The second kappa shape index (κ2) is 9.78. The molecule has 6 heteroatoms.